The number of benzene rings is 2. The number of hydrogen-bond acceptors (Lipinski definition) is 12. The number of aromatic nitrogens is 2. The Kier molecular flexibility index (Phi) is 9.89. The summed E-state index contributed by atoms with van der Waals surface area (Å²) in [4.78, 5) is 22.8. The normalized spacial score (nSPS) is 14.5. The van der Waals surface area contributed by atoms with Crippen molar-refractivity contribution in [1.29, 1.82) is 0 Å². The first-order valence-corrected chi connectivity index (χ1v) is 11.2. The Balaban J connectivity index is 0.00000342. The maximum atomic E-state index is 10.7. The summed E-state index contributed by atoms with van der Waals surface area (Å²) < 4.78 is -0.251. The molecule has 35 heavy (non-hydrogen) atoms. The van der Waals surface area contributed by atoms with Crippen LogP contribution in [0.15, 0.2) is 81.4 Å². The molecular formula is C21H19AuN9O2S2-2. The number of rotatable bonds is 7. The first kappa shape index (κ1) is 26.9. The summed E-state index contributed by atoms with van der Waals surface area (Å²) in [5.41, 5.74) is 2.68. The van der Waals surface area contributed by atoms with Gasteiger partial charge in [0, 0.05) is 66.4 Å². The maximum Gasteiger partial charge on any atom is 0.269 e. The largest absolute Gasteiger partial charge is 0.800 e. The fourth-order valence-corrected chi connectivity index (χ4v) is 3.62. The predicted molar refractivity (Wildman–Crippen MR) is 132 cm³/mol. The fourth-order valence-electron chi connectivity index (χ4n) is 3.20. The molecule has 3 aromatic rings. The molecule has 0 amide bonds. The molecule has 0 N–H and O–H groups in total. The standard InChI is InChI=1S/C21H21N9O2S2.Au/c31-30(32)19-7-3-15(4-8-19)24-26-17-13-22-20(23-14-17)27-25-16-1-5-18(6-2-16)28-9-11-29(12-10-28)21(33)34;/h1-8,13-14,21,33-34H,9-12H2;/p-2. The molecule has 4 rings (SSSR count). The number of piperazine rings is 1. The van der Waals surface area contributed by atoms with Crippen LogP contribution in [0.4, 0.5) is 34.4 Å². The third-order valence-electron chi connectivity index (χ3n) is 5.05. The number of nitrogens with zero attached hydrogens (tertiary/aromatic N) is 9. The average Bonchev–Trinajstić information content (AvgIpc) is 2.87. The van der Waals surface area contributed by atoms with Crippen LogP contribution in [-0.4, -0.2) is 50.7 Å². The molecule has 0 saturated carbocycles. The molecule has 0 bridgehead atoms. The fraction of sp³-hybridized carbons (Fsp3) is 0.238. The Labute approximate surface area is 228 Å². The smallest absolute Gasteiger partial charge is 0.269 e. The van der Waals surface area contributed by atoms with Crippen LogP contribution in [0.25, 0.3) is 0 Å². The third-order valence-corrected chi connectivity index (χ3v) is 5.64. The van der Waals surface area contributed by atoms with Gasteiger partial charge in [-0.2, -0.15) is 5.11 Å². The van der Waals surface area contributed by atoms with E-state index in [4.69, 9.17) is 25.3 Å². The zero-order valence-electron chi connectivity index (χ0n) is 18.1. The van der Waals surface area contributed by atoms with Crippen molar-refractivity contribution in [3.8, 4) is 0 Å². The van der Waals surface area contributed by atoms with E-state index in [0.717, 1.165) is 31.9 Å². The summed E-state index contributed by atoms with van der Waals surface area (Å²) >= 11 is 10.3. The van der Waals surface area contributed by atoms with Gasteiger partial charge in [0.25, 0.3) is 11.6 Å². The van der Waals surface area contributed by atoms with Crippen molar-refractivity contribution in [3.05, 3.63) is 71.0 Å². The summed E-state index contributed by atoms with van der Waals surface area (Å²) in [6.45, 7) is 3.48. The van der Waals surface area contributed by atoms with Crippen LogP contribution in [0.3, 0.4) is 0 Å². The topological polar surface area (TPSA) is 125 Å². The van der Waals surface area contributed by atoms with Gasteiger partial charge in [-0.25, -0.2) is 14.7 Å². The SMILES string of the molecule is O=[N+]([O-])c1ccc(N=Nc2cnc(N=Nc3ccc(N4CCN(C([S-])[S-])CC4)cc3)nc2)cc1.[Au]. The minimum Gasteiger partial charge on any atom is -0.800 e. The Hall–Kier alpha value is -2.68. The zero-order valence-corrected chi connectivity index (χ0v) is 21.9. The van der Waals surface area contributed by atoms with E-state index >= 15 is 0 Å². The van der Waals surface area contributed by atoms with Crippen molar-refractivity contribution < 1.29 is 27.3 Å². The van der Waals surface area contributed by atoms with Gasteiger partial charge in [0.05, 0.1) is 28.7 Å². The molecular weight excluding hydrogens is 671 g/mol. The second-order valence-electron chi connectivity index (χ2n) is 7.26. The van der Waals surface area contributed by atoms with Crippen LogP contribution >= 0.6 is 0 Å². The molecule has 11 nitrogen and oxygen atoms in total. The summed E-state index contributed by atoms with van der Waals surface area (Å²) in [7, 11) is 0. The molecule has 1 aliphatic rings. The predicted octanol–water partition coefficient (Wildman–Crippen LogP) is 4.71. The first-order chi connectivity index (χ1) is 16.5. The van der Waals surface area contributed by atoms with E-state index in [-0.39, 0.29) is 38.7 Å². The number of anilines is 1. The van der Waals surface area contributed by atoms with E-state index in [1.807, 2.05) is 24.3 Å². The van der Waals surface area contributed by atoms with Gasteiger partial charge in [-0.3, -0.25) is 10.1 Å². The van der Waals surface area contributed by atoms with Crippen LogP contribution in [-0.2, 0) is 47.6 Å². The van der Waals surface area contributed by atoms with Crippen LogP contribution in [0, 0.1) is 10.1 Å². The van der Waals surface area contributed by atoms with Crippen LogP contribution in [0.2, 0.25) is 0 Å². The molecule has 1 aliphatic heterocycles. The molecule has 0 aliphatic carbocycles. The molecule has 0 spiro atoms. The Morgan fingerprint density at radius 2 is 1.31 bits per heavy atom. The molecule has 2 aromatic carbocycles. The number of hydrogen-bond donors (Lipinski definition) is 0. The molecule has 14 heteroatoms. The molecule has 2 heterocycles. The van der Waals surface area contributed by atoms with Crippen molar-refractivity contribution in [3.63, 3.8) is 0 Å². The monoisotopic (exact) mass is 690 g/mol. The van der Waals surface area contributed by atoms with Gasteiger partial charge in [-0.1, -0.05) is 0 Å². The summed E-state index contributed by atoms with van der Waals surface area (Å²) in [6.07, 6.45) is 2.93. The van der Waals surface area contributed by atoms with Crippen LogP contribution in [0.1, 0.15) is 0 Å². The summed E-state index contributed by atoms with van der Waals surface area (Å²) in [6, 6.07) is 13.5. The Morgan fingerprint density at radius 1 is 0.800 bits per heavy atom. The second kappa shape index (κ2) is 12.9. The second-order valence-corrected chi connectivity index (χ2v) is 8.45. The molecule has 1 aromatic heterocycles. The van der Waals surface area contributed by atoms with E-state index in [2.05, 4.69) is 40.2 Å². The van der Waals surface area contributed by atoms with E-state index in [1.54, 1.807) is 0 Å². The molecule has 1 fully saturated rings. The van der Waals surface area contributed by atoms with E-state index in [0.29, 0.717) is 17.1 Å². The third kappa shape index (κ3) is 7.65. The van der Waals surface area contributed by atoms with Crippen molar-refractivity contribution >= 4 is 59.6 Å². The van der Waals surface area contributed by atoms with E-state index < -0.39 is 4.92 Å². The van der Waals surface area contributed by atoms with Crippen molar-refractivity contribution in [2.75, 3.05) is 31.1 Å². The van der Waals surface area contributed by atoms with Crippen LogP contribution in [0.5, 0.6) is 0 Å². The van der Waals surface area contributed by atoms with Gasteiger partial charge in [0.1, 0.15) is 5.69 Å². The van der Waals surface area contributed by atoms with Gasteiger partial charge in [0.2, 0.25) is 0 Å². The minimum absolute atomic E-state index is 0. The number of nitro groups is 1. The molecule has 0 unspecified atom stereocenters. The van der Waals surface area contributed by atoms with E-state index in [9.17, 15) is 10.1 Å². The summed E-state index contributed by atoms with van der Waals surface area (Å²) in [5, 5.41) is 27.0. The van der Waals surface area contributed by atoms with Gasteiger partial charge < -0.3 is 35.1 Å². The van der Waals surface area contributed by atoms with Crippen molar-refractivity contribution in [2.45, 2.75) is 4.71 Å². The van der Waals surface area contributed by atoms with E-state index in [1.165, 1.54) is 36.7 Å². The van der Waals surface area contributed by atoms with Gasteiger partial charge in [0.15, 0.2) is 0 Å². The van der Waals surface area contributed by atoms with Gasteiger partial charge in [-0.05, 0) is 36.4 Å². The maximum absolute atomic E-state index is 10.7. The molecule has 185 valence electrons. The molecule has 1 saturated heterocycles. The molecule has 0 atom stereocenters. The Bertz CT molecular complexity index is 1170. The first-order valence-electron chi connectivity index (χ1n) is 10.3. The average molecular weight is 691 g/mol. The number of non-ortho nitro benzene ring substituents is 1. The molecule has 1 radical (unpaired) electrons. The quantitative estimate of drug-likeness (QED) is 0.115. The Morgan fingerprint density at radius 3 is 1.86 bits per heavy atom. The van der Waals surface area contributed by atoms with Crippen molar-refractivity contribution in [2.24, 2.45) is 20.5 Å². The number of azo groups is 2. The van der Waals surface area contributed by atoms with Gasteiger partial charge >= 0.3 is 0 Å². The summed E-state index contributed by atoms with van der Waals surface area (Å²) in [5.74, 6) is 0.192. The van der Waals surface area contributed by atoms with Gasteiger partial charge in [-0.15, -0.1) is 15.3 Å². The van der Waals surface area contributed by atoms with Crippen LogP contribution < -0.4 is 4.90 Å². The zero-order chi connectivity index (χ0) is 23.9. The minimum atomic E-state index is -0.473. The van der Waals surface area contributed by atoms with Crippen molar-refractivity contribution in [1.82, 2.24) is 14.9 Å². The number of nitro benzene ring substituents is 1.